The summed E-state index contributed by atoms with van der Waals surface area (Å²) in [5.74, 6) is 5.29. The Kier molecular flexibility index (Phi) is 2.73. The fourth-order valence-electron chi connectivity index (χ4n) is 1.41. The van der Waals surface area contributed by atoms with Crippen LogP contribution in [0.25, 0.3) is 0 Å². The van der Waals surface area contributed by atoms with Crippen LogP contribution in [0.2, 0.25) is 0 Å². The average molecular weight is 182 g/mol. The lowest BCUT2D eigenvalue weighted by Crippen LogP contribution is -2.23. The van der Waals surface area contributed by atoms with E-state index in [9.17, 15) is 0 Å². The summed E-state index contributed by atoms with van der Waals surface area (Å²) in [5, 5.41) is 4.42. The highest BCUT2D eigenvalue weighted by Gasteiger charge is 2.21. The van der Waals surface area contributed by atoms with Crippen molar-refractivity contribution in [1.29, 1.82) is 0 Å². The van der Waals surface area contributed by atoms with Crippen molar-refractivity contribution in [2.45, 2.75) is 32.7 Å². The van der Waals surface area contributed by atoms with E-state index in [0.717, 1.165) is 11.3 Å². The largest absolute Gasteiger partial charge is 0.275 e. The maximum Gasteiger partial charge on any atom is 0.0723 e. The van der Waals surface area contributed by atoms with Gasteiger partial charge in [0, 0.05) is 30.8 Å². The summed E-state index contributed by atoms with van der Waals surface area (Å²) in [5.41, 5.74) is 5.00. The van der Waals surface area contributed by atoms with Gasteiger partial charge < -0.3 is 0 Å². The zero-order valence-electron chi connectivity index (χ0n) is 8.76. The highest BCUT2D eigenvalue weighted by atomic mass is 15.3. The van der Waals surface area contributed by atoms with Crippen molar-refractivity contribution < 1.29 is 0 Å². The zero-order chi connectivity index (χ0) is 10.1. The number of aryl methyl sites for hydroxylation is 1. The summed E-state index contributed by atoms with van der Waals surface area (Å²) >= 11 is 0. The van der Waals surface area contributed by atoms with Gasteiger partial charge in [-0.2, -0.15) is 5.10 Å². The van der Waals surface area contributed by atoms with E-state index in [1.807, 2.05) is 17.9 Å². The maximum absolute atomic E-state index is 5.29. The summed E-state index contributed by atoms with van der Waals surface area (Å²) in [7, 11) is 1.93. The summed E-state index contributed by atoms with van der Waals surface area (Å²) in [4.78, 5) is 0. The Morgan fingerprint density at radius 1 is 1.54 bits per heavy atom. The van der Waals surface area contributed by atoms with Crippen molar-refractivity contribution in [3.63, 3.8) is 0 Å². The monoisotopic (exact) mass is 182 g/mol. The predicted molar refractivity (Wildman–Crippen MR) is 52.9 cm³/mol. The first-order valence-electron chi connectivity index (χ1n) is 4.41. The Balaban J connectivity index is 3.04. The Morgan fingerprint density at radius 3 is 2.62 bits per heavy atom. The molecule has 1 aromatic heterocycles. The van der Waals surface area contributed by atoms with E-state index in [-0.39, 0.29) is 5.41 Å². The third kappa shape index (κ3) is 2.29. The molecule has 1 aromatic rings. The molecule has 4 heteroatoms. The second-order valence-corrected chi connectivity index (χ2v) is 4.31. The Bertz CT molecular complexity index is 282. The van der Waals surface area contributed by atoms with E-state index in [1.54, 1.807) is 0 Å². The van der Waals surface area contributed by atoms with Gasteiger partial charge in [0.05, 0.1) is 5.69 Å². The van der Waals surface area contributed by atoms with Gasteiger partial charge in [0.2, 0.25) is 0 Å². The summed E-state index contributed by atoms with van der Waals surface area (Å²) in [6.45, 7) is 7.11. The molecule has 0 fully saturated rings. The molecule has 1 rings (SSSR count). The molecule has 1 heterocycles. The van der Waals surface area contributed by atoms with Gasteiger partial charge in [-0.25, -0.2) is 0 Å². The standard InChI is InChI=1S/C9H18N4/c1-9(2,3)8-7(5-11-10)6-13(4)12-8/h6,11H,5,10H2,1-4H3. The van der Waals surface area contributed by atoms with E-state index in [1.165, 1.54) is 0 Å². The molecule has 0 unspecified atom stereocenters. The molecule has 0 radical (unpaired) electrons. The number of aromatic nitrogens is 2. The minimum absolute atomic E-state index is 0.0768. The SMILES string of the molecule is Cn1cc(CNN)c(C(C)(C)C)n1. The molecule has 74 valence electrons. The Labute approximate surface area is 79.1 Å². The zero-order valence-corrected chi connectivity index (χ0v) is 8.76. The quantitative estimate of drug-likeness (QED) is 0.522. The number of hydrogen-bond acceptors (Lipinski definition) is 3. The van der Waals surface area contributed by atoms with E-state index in [0.29, 0.717) is 6.54 Å². The van der Waals surface area contributed by atoms with Crippen LogP contribution in [-0.2, 0) is 19.0 Å². The van der Waals surface area contributed by atoms with Gasteiger partial charge >= 0.3 is 0 Å². The Morgan fingerprint density at radius 2 is 2.15 bits per heavy atom. The smallest absolute Gasteiger partial charge is 0.0723 e. The predicted octanol–water partition coefficient (Wildman–Crippen LogP) is 0.681. The molecular weight excluding hydrogens is 164 g/mol. The van der Waals surface area contributed by atoms with Gasteiger partial charge in [-0.15, -0.1) is 0 Å². The molecule has 0 aliphatic carbocycles. The first-order chi connectivity index (χ1) is 5.95. The number of hydrazine groups is 1. The van der Waals surface area contributed by atoms with E-state index < -0.39 is 0 Å². The van der Waals surface area contributed by atoms with Crippen molar-refractivity contribution in [3.05, 3.63) is 17.5 Å². The second kappa shape index (κ2) is 3.47. The molecule has 0 aliphatic rings. The van der Waals surface area contributed by atoms with Crippen molar-refractivity contribution in [2.75, 3.05) is 0 Å². The van der Waals surface area contributed by atoms with Crippen LogP contribution in [0, 0.1) is 0 Å². The van der Waals surface area contributed by atoms with Crippen molar-refractivity contribution in [3.8, 4) is 0 Å². The average Bonchev–Trinajstić information content (AvgIpc) is 2.30. The van der Waals surface area contributed by atoms with E-state index in [4.69, 9.17) is 5.84 Å². The number of nitrogens with two attached hydrogens (primary N) is 1. The lowest BCUT2D eigenvalue weighted by molar-refractivity contribution is 0.544. The molecule has 0 saturated carbocycles. The summed E-state index contributed by atoms with van der Waals surface area (Å²) in [6.07, 6.45) is 2.00. The van der Waals surface area contributed by atoms with Crippen LogP contribution in [-0.4, -0.2) is 9.78 Å². The fraction of sp³-hybridized carbons (Fsp3) is 0.667. The Hall–Kier alpha value is -0.870. The molecule has 0 bridgehead atoms. The molecule has 0 saturated heterocycles. The van der Waals surface area contributed by atoms with Gasteiger partial charge in [-0.1, -0.05) is 20.8 Å². The normalized spacial score (nSPS) is 12.1. The number of nitrogens with zero attached hydrogens (tertiary/aromatic N) is 2. The molecule has 0 aromatic carbocycles. The van der Waals surface area contributed by atoms with Crippen LogP contribution in [0.15, 0.2) is 6.20 Å². The second-order valence-electron chi connectivity index (χ2n) is 4.31. The first-order valence-corrected chi connectivity index (χ1v) is 4.41. The third-order valence-electron chi connectivity index (χ3n) is 1.91. The molecule has 0 amide bonds. The fourth-order valence-corrected chi connectivity index (χ4v) is 1.41. The molecule has 13 heavy (non-hydrogen) atoms. The number of hydrogen-bond donors (Lipinski definition) is 2. The van der Waals surface area contributed by atoms with Gasteiger partial charge in [-0.05, 0) is 0 Å². The molecule has 0 spiro atoms. The highest BCUT2D eigenvalue weighted by molar-refractivity contribution is 5.23. The molecule has 0 aliphatic heterocycles. The highest BCUT2D eigenvalue weighted by Crippen LogP contribution is 2.23. The minimum Gasteiger partial charge on any atom is -0.275 e. The lowest BCUT2D eigenvalue weighted by Gasteiger charge is -2.17. The summed E-state index contributed by atoms with van der Waals surface area (Å²) in [6, 6.07) is 0. The van der Waals surface area contributed by atoms with Gasteiger partial charge in [0.25, 0.3) is 0 Å². The van der Waals surface area contributed by atoms with Crippen LogP contribution < -0.4 is 11.3 Å². The topological polar surface area (TPSA) is 55.9 Å². The van der Waals surface area contributed by atoms with Crippen molar-refractivity contribution in [2.24, 2.45) is 12.9 Å². The minimum atomic E-state index is 0.0768. The van der Waals surface area contributed by atoms with Crippen molar-refractivity contribution >= 4 is 0 Å². The van der Waals surface area contributed by atoms with Crippen LogP contribution in [0.3, 0.4) is 0 Å². The first kappa shape index (κ1) is 10.2. The van der Waals surface area contributed by atoms with E-state index in [2.05, 4.69) is 31.3 Å². The lowest BCUT2D eigenvalue weighted by atomic mass is 9.90. The number of rotatable bonds is 2. The molecule has 4 nitrogen and oxygen atoms in total. The number of nitrogens with one attached hydrogen (secondary N) is 1. The maximum atomic E-state index is 5.29. The van der Waals surface area contributed by atoms with E-state index >= 15 is 0 Å². The van der Waals surface area contributed by atoms with Gasteiger partial charge in [-0.3, -0.25) is 16.0 Å². The van der Waals surface area contributed by atoms with Gasteiger partial charge in [0.15, 0.2) is 0 Å². The van der Waals surface area contributed by atoms with Crippen LogP contribution in [0.5, 0.6) is 0 Å². The van der Waals surface area contributed by atoms with Crippen LogP contribution in [0.1, 0.15) is 32.0 Å². The van der Waals surface area contributed by atoms with Crippen molar-refractivity contribution in [1.82, 2.24) is 15.2 Å². The third-order valence-corrected chi connectivity index (χ3v) is 1.91. The molecular formula is C9H18N4. The molecule has 3 N–H and O–H groups in total. The summed E-state index contributed by atoms with van der Waals surface area (Å²) < 4.78 is 1.83. The molecule has 0 atom stereocenters. The van der Waals surface area contributed by atoms with Crippen LogP contribution in [0.4, 0.5) is 0 Å². The van der Waals surface area contributed by atoms with Gasteiger partial charge in [0.1, 0.15) is 0 Å². The van der Waals surface area contributed by atoms with Crippen LogP contribution >= 0.6 is 0 Å².